The van der Waals surface area contributed by atoms with Crippen LogP contribution in [0.3, 0.4) is 0 Å². The average Bonchev–Trinajstić information content (AvgIpc) is 2.26. The minimum atomic E-state index is -3.32. The highest BCUT2D eigenvalue weighted by Gasteiger charge is 2.32. The molecule has 0 radical (unpaired) electrons. The quantitative estimate of drug-likeness (QED) is 0.735. The summed E-state index contributed by atoms with van der Waals surface area (Å²) in [5.74, 6) is 0. The Kier molecular flexibility index (Phi) is 4.87. The molecule has 1 saturated carbocycles. The van der Waals surface area contributed by atoms with E-state index < -0.39 is 10.1 Å². The van der Waals surface area contributed by atoms with Crippen molar-refractivity contribution in [2.75, 3.05) is 19.3 Å². The standard InChI is InChI=1S/C13H25NO4S/c1-10-8-14(9-11(2)17-10)12-4-6-13(7-5-12)18-19(3,15)16/h10-13H,4-9H2,1-3H3/t10-,11+,12?,13?. The maximum absolute atomic E-state index is 11.1. The molecule has 5 nitrogen and oxygen atoms in total. The van der Waals surface area contributed by atoms with Crippen LogP contribution in [0.15, 0.2) is 0 Å². The molecule has 1 aliphatic carbocycles. The number of hydrogen-bond acceptors (Lipinski definition) is 5. The van der Waals surface area contributed by atoms with Crippen LogP contribution in [0, 0.1) is 0 Å². The second-order valence-electron chi connectivity index (χ2n) is 5.94. The van der Waals surface area contributed by atoms with Crippen molar-refractivity contribution >= 4 is 10.1 Å². The third-order valence-corrected chi connectivity index (χ3v) is 4.54. The topological polar surface area (TPSA) is 55.8 Å². The second-order valence-corrected chi connectivity index (χ2v) is 7.54. The predicted molar refractivity (Wildman–Crippen MR) is 73.6 cm³/mol. The first-order chi connectivity index (χ1) is 8.83. The van der Waals surface area contributed by atoms with E-state index in [2.05, 4.69) is 18.7 Å². The summed E-state index contributed by atoms with van der Waals surface area (Å²) in [6.45, 7) is 6.18. The highest BCUT2D eigenvalue weighted by molar-refractivity contribution is 7.86. The monoisotopic (exact) mass is 291 g/mol. The molecule has 1 aliphatic heterocycles. The SMILES string of the molecule is C[C@@H]1CN(C2CCC(OS(C)(=O)=O)CC2)C[C@H](C)O1. The highest BCUT2D eigenvalue weighted by atomic mass is 32.2. The van der Waals surface area contributed by atoms with E-state index in [1.54, 1.807) is 0 Å². The third-order valence-electron chi connectivity index (χ3n) is 3.92. The van der Waals surface area contributed by atoms with E-state index in [0.29, 0.717) is 6.04 Å². The minimum Gasteiger partial charge on any atom is -0.373 e. The first-order valence-corrected chi connectivity index (χ1v) is 8.93. The molecular formula is C13H25NO4S. The van der Waals surface area contributed by atoms with E-state index in [-0.39, 0.29) is 18.3 Å². The Labute approximate surface area is 116 Å². The van der Waals surface area contributed by atoms with E-state index in [1.807, 2.05) is 0 Å². The smallest absolute Gasteiger partial charge is 0.264 e. The summed E-state index contributed by atoms with van der Waals surface area (Å²) in [5.41, 5.74) is 0. The van der Waals surface area contributed by atoms with Crippen molar-refractivity contribution in [1.82, 2.24) is 4.90 Å². The summed E-state index contributed by atoms with van der Waals surface area (Å²) >= 11 is 0. The summed E-state index contributed by atoms with van der Waals surface area (Å²) in [7, 11) is -3.32. The number of nitrogens with zero attached hydrogens (tertiary/aromatic N) is 1. The van der Waals surface area contributed by atoms with Crippen molar-refractivity contribution in [2.45, 2.75) is 63.9 Å². The molecule has 19 heavy (non-hydrogen) atoms. The van der Waals surface area contributed by atoms with E-state index in [9.17, 15) is 8.42 Å². The van der Waals surface area contributed by atoms with Gasteiger partial charge in [-0.05, 0) is 39.5 Å². The van der Waals surface area contributed by atoms with Crippen LogP contribution in [0.1, 0.15) is 39.5 Å². The maximum Gasteiger partial charge on any atom is 0.264 e. The molecule has 2 fully saturated rings. The lowest BCUT2D eigenvalue weighted by molar-refractivity contribution is -0.0865. The molecule has 0 amide bonds. The van der Waals surface area contributed by atoms with Gasteiger partial charge in [-0.2, -0.15) is 8.42 Å². The zero-order chi connectivity index (χ0) is 14.0. The number of morpholine rings is 1. The van der Waals surface area contributed by atoms with Gasteiger partial charge in [0.2, 0.25) is 0 Å². The molecule has 1 saturated heterocycles. The van der Waals surface area contributed by atoms with Gasteiger partial charge in [-0.3, -0.25) is 9.08 Å². The first-order valence-electron chi connectivity index (χ1n) is 7.11. The second kappa shape index (κ2) is 6.08. The van der Waals surface area contributed by atoms with Crippen LogP contribution in [0.25, 0.3) is 0 Å². The van der Waals surface area contributed by atoms with Crippen LogP contribution in [0.5, 0.6) is 0 Å². The van der Waals surface area contributed by atoms with E-state index in [4.69, 9.17) is 8.92 Å². The Morgan fingerprint density at radius 1 is 1.05 bits per heavy atom. The van der Waals surface area contributed by atoms with Gasteiger partial charge in [0.1, 0.15) is 0 Å². The van der Waals surface area contributed by atoms with Crippen LogP contribution < -0.4 is 0 Å². The molecule has 6 heteroatoms. The fourth-order valence-corrected chi connectivity index (χ4v) is 3.96. The van der Waals surface area contributed by atoms with Gasteiger partial charge in [0.05, 0.1) is 24.6 Å². The normalized spacial score (nSPS) is 38.3. The first kappa shape index (κ1) is 15.2. The molecule has 0 N–H and O–H groups in total. The van der Waals surface area contributed by atoms with Gasteiger partial charge >= 0.3 is 0 Å². The van der Waals surface area contributed by atoms with Crippen LogP contribution in [-0.2, 0) is 19.0 Å². The molecule has 1 heterocycles. The van der Waals surface area contributed by atoms with Crippen LogP contribution in [0.2, 0.25) is 0 Å². The largest absolute Gasteiger partial charge is 0.373 e. The Morgan fingerprint density at radius 3 is 2.05 bits per heavy atom. The predicted octanol–water partition coefficient (Wildman–Crippen LogP) is 1.38. The van der Waals surface area contributed by atoms with Crippen molar-refractivity contribution < 1.29 is 17.3 Å². The van der Waals surface area contributed by atoms with Crippen LogP contribution >= 0.6 is 0 Å². The molecule has 0 bridgehead atoms. The third kappa shape index (κ3) is 4.70. The fourth-order valence-electron chi connectivity index (χ4n) is 3.27. The summed E-state index contributed by atoms with van der Waals surface area (Å²) in [4.78, 5) is 2.50. The average molecular weight is 291 g/mol. The van der Waals surface area contributed by atoms with Gasteiger partial charge in [-0.15, -0.1) is 0 Å². The van der Waals surface area contributed by atoms with Crippen molar-refractivity contribution in [1.29, 1.82) is 0 Å². The molecule has 0 spiro atoms. The molecular weight excluding hydrogens is 266 g/mol. The number of ether oxygens (including phenoxy) is 1. The summed E-state index contributed by atoms with van der Waals surface area (Å²) in [6, 6.07) is 0.549. The Balaban J connectivity index is 1.82. The Hall–Kier alpha value is -0.170. The lowest BCUT2D eigenvalue weighted by atomic mass is 9.91. The van der Waals surface area contributed by atoms with Crippen molar-refractivity contribution in [2.24, 2.45) is 0 Å². The number of hydrogen-bond donors (Lipinski definition) is 0. The minimum absolute atomic E-state index is 0.123. The molecule has 112 valence electrons. The summed E-state index contributed by atoms with van der Waals surface area (Å²) in [5, 5.41) is 0. The summed E-state index contributed by atoms with van der Waals surface area (Å²) in [6.07, 6.45) is 5.27. The molecule has 0 aromatic carbocycles. The van der Waals surface area contributed by atoms with Crippen LogP contribution in [0.4, 0.5) is 0 Å². The molecule has 2 atom stereocenters. The zero-order valence-corrected chi connectivity index (χ0v) is 12.9. The Bertz CT molecular complexity index is 379. The van der Waals surface area contributed by atoms with Gasteiger partial charge in [0.15, 0.2) is 0 Å². The van der Waals surface area contributed by atoms with Gasteiger partial charge in [0.25, 0.3) is 10.1 Å². The van der Waals surface area contributed by atoms with E-state index in [1.165, 1.54) is 0 Å². The van der Waals surface area contributed by atoms with Gasteiger partial charge in [-0.1, -0.05) is 0 Å². The van der Waals surface area contributed by atoms with Crippen molar-refractivity contribution in [3.63, 3.8) is 0 Å². The van der Waals surface area contributed by atoms with Crippen molar-refractivity contribution in [3.05, 3.63) is 0 Å². The summed E-state index contributed by atoms with van der Waals surface area (Å²) < 4.78 is 33.1. The van der Waals surface area contributed by atoms with Gasteiger partial charge in [0, 0.05) is 19.1 Å². The van der Waals surface area contributed by atoms with Crippen molar-refractivity contribution in [3.8, 4) is 0 Å². The lowest BCUT2D eigenvalue weighted by Crippen LogP contribution is -2.51. The maximum atomic E-state index is 11.1. The van der Waals surface area contributed by atoms with Gasteiger partial charge < -0.3 is 4.74 Å². The molecule has 0 aromatic rings. The molecule has 0 aromatic heterocycles. The molecule has 0 unspecified atom stereocenters. The fraction of sp³-hybridized carbons (Fsp3) is 1.00. The number of rotatable bonds is 3. The Morgan fingerprint density at radius 2 is 1.58 bits per heavy atom. The molecule has 2 rings (SSSR count). The lowest BCUT2D eigenvalue weighted by Gasteiger charge is -2.42. The van der Waals surface area contributed by atoms with E-state index in [0.717, 1.165) is 45.0 Å². The van der Waals surface area contributed by atoms with Gasteiger partial charge in [-0.25, -0.2) is 0 Å². The van der Waals surface area contributed by atoms with E-state index >= 15 is 0 Å². The van der Waals surface area contributed by atoms with Crippen LogP contribution in [-0.4, -0.2) is 57.0 Å². The zero-order valence-electron chi connectivity index (χ0n) is 12.0. The highest BCUT2D eigenvalue weighted by Crippen LogP contribution is 2.28. The molecule has 2 aliphatic rings.